The molecule has 0 aliphatic heterocycles. The Bertz CT molecular complexity index is 1020. The number of carbonyl (C=O) groups is 1. The van der Waals surface area contributed by atoms with E-state index in [1.807, 2.05) is 58.9 Å². The molecule has 164 valence electrons. The van der Waals surface area contributed by atoms with Crippen molar-refractivity contribution < 1.29 is 13.2 Å². The molecule has 7 heteroatoms. The molecule has 0 heterocycles. The molecule has 0 saturated heterocycles. The van der Waals surface area contributed by atoms with Gasteiger partial charge in [-0.05, 0) is 62.4 Å². The van der Waals surface area contributed by atoms with Gasteiger partial charge in [0.25, 0.3) is 0 Å². The molecule has 2 rings (SSSR count). The number of amides is 1. The van der Waals surface area contributed by atoms with Crippen molar-refractivity contribution in [1.82, 2.24) is 9.62 Å². The van der Waals surface area contributed by atoms with Crippen molar-refractivity contribution >= 4 is 21.8 Å². The summed E-state index contributed by atoms with van der Waals surface area (Å²) in [6, 6.07) is 11.5. The van der Waals surface area contributed by atoms with E-state index in [0.29, 0.717) is 12.1 Å². The van der Waals surface area contributed by atoms with E-state index in [1.165, 1.54) is 18.4 Å². The first-order chi connectivity index (χ1) is 14.0. The van der Waals surface area contributed by atoms with Gasteiger partial charge in [0.15, 0.2) is 0 Å². The number of anilines is 1. The molecule has 2 aromatic rings. The summed E-state index contributed by atoms with van der Waals surface area (Å²) in [7, 11) is -0.905. The maximum atomic E-state index is 13.0. The highest BCUT2D eigenvalue weighted by molar-refractivity contribution is 7.90. The fourth-order valence-corrected chi connectivity index (χ4v) is 4.58. The topological polar surface area (TPSA) is 69.7 Å². The molecule has 0 bridgehead atoms. The van der Waals surface area contributed by atoms with E-state index >= 15 is 0 Å². The molecule has 0 fully saturated rings. The standard InChI is InChI=1S/C23H33N3O3S/c1-8-21(20-12-10-16(2)13-19(20)5)24-23(27)15-26(30(28,29)25(6)7)22-14-17(3)9-11-18(22)4/h9-14,21H,8,15H2,1-7H3,(H,24,27)/t21-/m1/s1. The van der Waals surface area contributed by atoms with E-state index < -0.39 is 10.2 Å². The first-order valence-corrected chi connectivity index (χ1v) is 11.5. The Hall–Kier alpha value is -2.38. The Labute approximate surface area is 181 Å². The van der Waals surface area contributed by atoms with Gasteiger partial charge in [0.05, 0.1) is 11.7 Å². The minimum absolute atomic E-state index is 0.180. The number of benzene rings is 2. The molecule has 30 heavy (non-hydrogen) atoms. The molecule has 0 aliphatic carbocycles. The molecule has 6 nitrogen and oxygen atoms in total. The normalized spacial score (nSPS) is 12.7. The zero-order chi connectivity index (χ0) is 22.6. The molecule has 0 spiro atoms. The van der Waals surface area contributed by atoms with E-state index in [9.17, 15) is 13.2 Å². The third kappa shape index (κ3) is 5.40. The van der Waals surface area contributed by atoms with Crippen LogP contribution in [0, 0.1) is 27.7 Å². The smallest absolute Gasteiger partial charge is 0.304 e. The van der Waals surface area contributed by atoms with Gasteiger partial charge in [0, 0.05) is 14.1 Å². The highest BCUT2D eigenvalue weighted by atomic mass is 32.2. The van der Waals surface area contributed by atoms with E-state index in [1.54, 1.807) is 6.07 Å². The van der Waals surface area contributed by atoms with Crippen molar-refractivity contribution in [1.29, 1.82) is 0 Å². The van der Waals surface area contributed by atoms with Crippen LogP contribution < -0.4 is 9.62 Å². The number of hydrogen-bond donors (Lipinski definition) is 1. The second-order valence-electron chi connectivity index (χ2n) is 7.98. The van der Waals surface area contributed by atoms with Gasteiger partial charge >= 0.3 is 10.2 Å². The summed E-state index contributed by atoms with van der Waals surface area (Å²) < 4.78 is 28.3. The Morgan fingerprint density at radius 2 is 1.57 bits per heavy atom. The van der Waals surface area contributed by atoms with Crippen LogP contribution >= 0.6 is 0 Å². The second kappa shape index (κ2) is 9.62. The van der Waals surface area contributed by atoms with Crippen molar-refractivity contribution in [2.24, 2.45) is 0 Å². The fraction of sp³-hybridized carbons (Fsp3) is 0.435. The van der Waals surface area contributed by atoms with E-state index in [-0.39, 0.29) is 18.5 Å². The summed E-state index contributed by atoms with van der Waals surface area (Å²) in [4.78, 5) is 13.0. The number of nitrogens with one attached hydrogen (secondary N) is 1. The van der Waals surface area contributed by atoms with Crippen LogP contribution in [-0.4, -0.2) is 39.3 Å². The maximum absolute atomic E-state index is 13.0. The van der Waals surface area contributed by atoms with Gasteiger partial charge in [0.1, 0.15) is 6.54 Å². The number of nitrogens with zero attached hydrogens (tertiary/aromatic N) is 2. The lowest BCUT2D eigenvalue weighted by molar-refractivity contribution is -0.120. The molecule has 0 aliphatic rings. The zero-order valence-electron chi connectivity index (χ0n) is 19.0. The summed E-state index contributed by atoms with van der Waals surface area (Å²) in [5.74, 6) is -0.340. The molecule has 0 unspecified atom stereocenters. The minimum Gasteiger partial charge on any atom is -0.348 e. The lowest BCUT2D eigenvalue weighted by Crippen LogP contribution is -2.46. The van der Waals surface area contributed by atoms with Crippen LogP contribution in [0.2, 0.25) is 0 Å². The first-order valence-electron chi connectivity index (χ1n) is 10.1. The first kappa shape index (κ1) is 23.9. The van der Waals surface area contributed by atoms with Gasteiger partial charge in [-0.25, -0.2) is 4.31 Å². The summed E-state index contributed by atoms with van der Waals surface area (Å²) in [6.07, 6.45) is 0.708. The van der Waals surface area contributed by atoms with E-state index in [4.69, 9.17) is 0 Å². The third-order valence-corrected chi connectivity index (χ3v) is 7.01. The average molecular weight is 432 g/mol. The van der Waals surface area contributed by atoms with Crippen LogP contribution in [0.25, 0.3) is 0 Å². The number of rotatable bonds is 8. The van der Waals surface area contributed by atoms with Crippen molar-refractivity contribution in [2.45, 2.75) is 47.1 Å². The van der Waals surface area contributed by atoms with Crippen molar-refractivity contribution in [3.8, 4) is 0 Å². The van der Waals surface area contributed by atoms with Gasteiger partial charge in [-0.2, -0.15) is 12.7 Å². The molecule has 1 amide bonds. The molecule has 0 saturated carbocycles. The lowest BCUT2D eigenvalue weighted by atomic mass is 9.97. The van der Waals surface area contributed by atoms with Crippen LogP contribution in [-0.2, 0) is 15.0 Å². The third-order valence-electron chi connectivity index (χ3n) is 5.20. The second-order valence-corrected chi connectivity index (χ2v) is 10.0. The number of aryl methyl sites for hydroxylation is 4. The van der Waals surface area contributed by atoms with Gasteiger partial charge in [0.2, 0.25) is 5.91 Å². The highest BCUT2D eigenvalue weighted by Gasteiger charge is 2.29. The molecular formula is C23H33N3O3S. The molecule has 2 aromatic carbocycles. The van der Waals surface area contributed by atoms with Gasteiger partial charge < -0.3 is 5.32 Å². The molecule has 0 aromatic heterocycles. The van der Waals surface area contributed by atoms with Crippen molar-refractivity contribution in [2.75, 3.05) is 24.9 Å². The Balaban J connectivity index is 2.35. The summed E-state index contributed by atoms with van der Waals surface area (Å²) in [6.45, 7) is 9.52. The van der Waals surface area contributed by atoms with Crippen LogP contribution in [0.4, 0.5) is 5.69 Å². The Morgan fingerprint density at radius 1 is 0.967 bits per heavy atom. The van der Waals surface area contributed by atoms with Crippen molar-refractivity contribution in [3.05, 3.63) is 64.2 Å². The van der Waals surface area contributed by atoms with Crippen molar-refractivity contribution in [3.63, 3.8) is 0 Å². The van der Waals surface area contributed by atoms with Gasteiger partial charge in [-0.3, -0.25) is 4.79 Å². The minimum atomic E-state index is -3.84. The predicted octanol–water partition coefficient (Wildman–Crippen LogP) is 3.80. The van der Waals surface area contributed by atoms with E-state index in [2.05, 4.69) is 11.4 Å². The molecular weight excluding hydrogens is 398 g/mol. The summed E-state index contributed by atoms with van der Waals surface area (Å²) >= 11 is 0. The maximum Gasteiger partial charge on any atom is 0.304 e. The van der Waals surface area contributed by atoms with Crippen LogP contribution in [0.15, 0.2) is 36.4 Å². The molecule has 1 N–H and O–H groups in total. The van der Waals surface area contributed by atoms with Gasteiger partial charge in [-0.1, -0.05) is 42.8 Å². The molecule has 0 radical (unpaired) electrons. The largest absolute Gasteiger partial charge is 0.348 e. The Kier molecular flexibility index (Phi) is 7.66. The van der Waals surface area contributed by atoms with Crippen LogP contribution in [0.1, 0.15) is 47.2 Å². The van der Waals surface area contributed by atoms with Gasteiger partial charge in [-0.15, -0.1) is 0 Å². The number of carbonyl (C=O) groups excluding carboxylic acids is 1. The highest BCUT2D eigenvalue weighted by Crippen LogP contribution is 2.26. The van der Waals surface area contributed by atoms with Crippen LogP contribution in [0.5, 0.6) is 0 Å². The summed E-state index contributed by atoms with van der Waals surface area (Å²) in [5.41, 5.74) is 5.55. The summed E-state index contributed by atoms with van der Waals surface area (Å²) in [5, 5.41) is 3.03. The fourth-order valence-electron chi connectivity index (χ4n) is 3.46. The average Bonchev–Trinajstić information content (AvgIpc) is 2.66. The van der Waals surface area contributed by atoms with E-state index in [0.717, 1.165) is 32.1 Å². The quantitative estimate of drug-likeness (QED) is 0.691. The lowest BCUT2D eigenvalue weighted by Gasteiger charge is -2.29. The van der Waals surface area contributed by atoms with Crippen LogP contribution in [0.3, 0.4) is 0 Å². The predicted molar refractivity (Wildman–Crippen MR) is 123 cm³/mol. The SMILES string of the molecule is CC[C@@H](NC(=O)CN(c1cc(C)ccc1C)S(=O)(=O)N(C)C)c1ccc(C)cc1C. The molecule has 1 atom stereocenters. The zero-order valence-corrected chi connectivity index (χ0v) is 19.8. The monoisotopic (exact) mass is 431 g/mol. The Morgan fingerprint density at radius 3 is 2.13 bits per heavy atom. The number of hydrogen-bond acceptors (Lipinski definition) is 3.